The first kappa shape index (κ1) is 19.4. The third-order valence-corrected chi connectivity index (χ3v) is 15.7. The number of halogens is 2. The average Bonchev–Trinajstić information content (AvgIpc) is 2.47. The summed E-state index contributed by atoms with van der Waals surface area (Å²) < 4.78 is 1.06. The molecule has 0 fully saturated rings. The zero-order chi connectivity index (χ0) is 17.0. The van der Waals surface area contributed by atoms with Crippen molar-refractivity contribution in [2.75, 3.05) is 0 Å². The van der Waals surface area contributed by atoms with E-state index in [1.54, 1.807) is 0 Å². The van der Waals surface area contributed by atoms with Gasteiger partial charge in [0.25, 0.3) is 0 Å². The van der Waals surface area contributed by atoms with Crippen molar-refractivity contribution in [3.63, 3.8) is 0 Å². The van der Waals surface area contributed by atoms with Gasteiger partial charge in [0, 0.05) is 0 Å². The Balaban J connectivity index is 2.03. The van der Waals surface area contributed by atoms with Gasteiger partial charge < -0.3 is 0 Å². The maximum atomic E-state index is 12.5. The first-order chi connectivity index (χ1) is 10.8. The van der Waals surface area contributed by atoms with Crippen LogP contribution in [0.25, 0.3) is 0 Å². The van der Waals surface area contributed by atoms with Crippen molar-refractivity contribution in [3.8, 4) is 0 Å². The Morgan fingerprint density at radius 2 is 1.04 bits per heavy atom. The molecule has 0 aliphatic rings. The van der Waals surface area contributed by atoms with Crippen molar-refractivity contribution < 1.29 is 9.59 Å². The number of carbonyl (C=O) groups is 2. The molecule has 2 aromatic carbocycles. The predicted octanol–water partition coefficient (Wildman–Crippen LogP) is 5.68. The van der Waals surface area contributed by atoms with Crippen LogP contribution in [0.1, 0.15) is 31.8 Å². The minimum atomic E-state index is -2.56. The fourth-order valence-electron chi connectivity index (χ4n) is 2.08. The summed E-state index contributed by atoms with van der Waals surface area (Å²) in [6.07, 6.45) is 0. The second-order valence-corrected chi connectivity index (χ2v) is 45.1. The Bertz CT molecular complexity index is 645. The summed E-state index contributed by atoms with van der Waals surface area (Å²) in [4.78, 5) is 24.9. The van der Waals surface area contributed by atoms with Gasteiger partial charge in [-0.15, -0.1) is 0 Å². The van der Waals surface area contributed by atoms with E-state index in [-0.39, 0.29) is 11.6 Å². The van der Waals surface area contributed by atoms with Crippen molar-refractivity contribution >= 4 is 59.2 Å². The number of rotatable bonds is 6. The average molecular weight is 648 g/mol. The quantitative estimate of drug-likeness (QED) is 0.230. The van der Waals surface area contributed by atoms with Crippen LogP contribution < -0.4 is 0 Å². The molecule has 0 saturated carbocycles. The van der Waals surface area contributed by atoms with E-state index in [9.17, 15) is 9.59 Å². The Kier molecular flexibility index (Phi) is 7.08. The van der Waals surface area contributed by atoms with Crippen LogP contribution in [-0.2, 0) is 0 Å². The monoisotopic (exact) mass is 650 g/mol. The van der Waals surface area contributed by atoms with E-state index >= 15 is 0 Å². The molecule has 0 bridgehead atoms. The molecule has 0 aliphatic carbocycles. The molecule has 0 spiro atoms. The molecule has 5 heteroatoms. The zero-order valence-electron chi connectivity index (χ0n) is 13.0. The summed E-state index contributed by atoms with van der Waals surface area (Å²) in [7, 11) is -2.56. The number of aryl methyl sites for hydroxylation is 2. The third kappa shape index (κ3) is 6.11. The van der Waals surface area contributed by atoms with Crippen molar-refractivity contribution in [2.24, 2.45) is 0 Å². The molecule has 0 N–H and O–H groups in total. The van der Waals surface area contributed by atoms with Crippen molar-refractivity contribution in [3.05, 3.63) is 70.8 Å². The van der Waals surface area contributed by atoms with E-state index in [2.05, 4.69) is 37.4 Å². The maximum absolute atomic E-state index is 12.5. The summed E-state index contributed by atoms with van der Waals surface area (Å²) in [5.41, 5.74) is 3.80. The first-order valence-electron chi connectivity index (χ1n) is 7.14. The van der Waals surface area contributed by atoms with E-state index in [0.29, 0.717) is 8.94 Å². The molecule has 122 valence electrons. The second kappa shape index (κ2) is 8.41. The number of hydrogen-bond donors (Lipinski definition) is 0. The van der Waals surface area contributed by atoms with E-state index in [1.807, 2.05) is 62.4 Å². The summed E-state index contributed by atoms with van der Waals surface area (Å²) in [6, 6.07) is 15.4. The zero-order valence-corrected chi connectivity index (χ0v) is 19.7. The van der Waals surface area contributed by atoms with Crippen LogP contribution in [0.3, 0.4) is 0 Å². The van der Waals surface area contributed by atoms with E-state index in [4.69, 9.17) is 0 Å². The molecule has 2 rings (SSSR count). The summed E-state index contributed by atoms with van der Waals surface area (Å²) in [5, 5.41) is 0. The molecule has 0 amide bonds. The molecule has 23 heavy (non-hydrogen) atoms. The molecule has 0 unspecified atom stereocenters. The van der Waals surface area contributed by atoms with Crippen LogP contribution in [0, 0.1) is 13.8 Å². The Morgan fingerprint density at radius 3 is 1.35 bits per heavy atom. The second-order valence-electron chi connectivity index (χ2n) is 5.57. The number of ketones is 2. The van der Waals surface area contributed by atoms with Gasteiger partial charge in [-0.2, -0.15) is 0 Å². The molecule has 0 aromatic heterocycles. The van der Waals surface area contributed by atoms with Crippen LogP contribution in [0.2, 0.25) is 8.94 Å². The molecule has 0 aliphatic heterocycles. The van der Waals surface area contributed by atoms with Crippen LogP contribution in [0.4, 0.5) is 0 Å². The van der Waals surface area contributed by atoms with Gasteiger partial charge in [0.05, 0.1) is 0 Å². The van der Waals surface area contributed by atoms with Gasteiger partial charge in [-0.3, -0.25) is 0 Å². The normalized spacial score (nSPS) is 12.0. The molecule has 2 nitrogen and oxygen atoms in total. The SMILES string of the molecule is Cc1ccc(C(=O)C[Te](I)(I)CC(=O)c2ccc(C)cc2)cc1. The Labute approximate surface area is 160 Å². The molecular formula is C18H18I2O2Te. The van der Waals surface area contributed by atoms with Crippen molar-refractivity contribution in [1.82, 2.24) is 0 Å². The van der Waals surface area contributed by atoms with Gasteiger partial charge >= 0.3 is 162 Å². The summed E-state index contributed by atoms with van der Waals surface area (Å²) in [6.45, 7) is 4.01. The van der Waals surface area contributed by atoms with Gasteiger partial charge in [-0.25, -0.2) is 0 Å². The standard InChI is InChI=1S/C18H18I2O2Te/c1-13-3-7-15(8-4-13)17(21)11-23(19,20)12-18(22)16-9-5-14(2)6-10-16/h3-10H,11-12H2,1-2H3. The molecule has 0 atom stereocenters. The van der Waals surface area contributed by atoms with Crippen molar-refractivity contribution in [2.45, 2.75) is 22.8 Å². The fourth-order valence-corrected chi connectivity index (χ4v) is 13.1. The van der Waals surface area contributed by atoms with Gasteiger partial charge in [-0.1, -0.05) is 0 Å². The predicted molar refractivity (Wildman–Crippen MR) is 114 cm³/mol. The number of benzene rings is 2. The van der Waals surface area contributed by atoms with Gasteiger partial charge in [0.1, 0.15) is 0 Å². The minimum absolute atomic E-state index is 0.159. The molecule has 0 radical (unpaired) electrons. The number of Topliss-reactive ketones (excluding diaryl/α,β-unsaturated/α-hetero) is 2. The fraction of sp³-hybridized carbons (Fsp3) is 0.222. The molecule has 0 heterocycles. The van der Waals surface area contributed by atoms with Crippen LogP contribution in [0.5, 0.6) is 0 Å². The topological polar surface area (TPSA) is 34.1 Å². The van der Waals surface area contributed by atoms with Crippen molar-refractivity contribution in [1.29, 1.82) is 0 Å². The number of carbonyl (C=O) groups excluding carboxylic acids is 2. The van der Waals surface area contributed by atoms with Crippen LogP contribution >= 0.6 is 37.4 Å². The molecule has 0 saturated heterocycles. The van der Waals surface area contributed by atoms with E-state index in [0.717, 1.165) is 22.3 Å². The molecule has 2 aromatic rings. The Morgan fingerprint density at radius 1 is 0.739 bits per heavy atom. The van der Waals surface area contributed by atoms with Crippen LogP contribution in [-0.4, -0.2) is 21.9 Å². The Hall–Kier alpha value is 0.0296. The first-order valence-corrected chi connectivity index (χ1v) is 24.0. The summed E-state index contributed by atoms with van der Waals surface area (Å²) in [5.74, 6) is 0.318. The van der Waals surface area contributed by atoms with E-state index in [1.165, 1.54) is 0 Å². The van der Waals surface area contributed by atoms with Gasteiger partial charge in [-0.05, 0) is 0 Å². The van der Waals surface area contributed by atoms with Crippen LogP contribution in [0.15, 0.2) is 48.5 Å². The third-order valence-electron chi connectivity index (χ3n) is 3.43. The van der Waals surface area contributed by atoms with E-state index < -0.39 is 10.3 Å². The number of hydrogen-bond acceptors (Lipinski definition) is 2. The van der Waals surface area contributed by atoms with Gasteiger partial charge in [0.15, 0.2) is 0 Å². The molecular weight excluding hydrogens is 630 g/mol. The van der Waals surface area contributed by atoms with Gasteiger partial charge in [0.2, 0.25) is 0 Å². The summed E-state index contributed by atoms with van der Waals surface area (Å²) >= 11 is 4.82.